The second-order valence-electron chi connectivity index (χ2n) is 7.24. The van der Waals surface area contributed by atoms with Gasteiger partial charge in [-0.15, -0.1) is 0 Å². The molecular formula is C25H20N4O2. The number of nitrogens with one attached hydrogen (secondary N) is 1. The maximum Gasteiger partial charge on any atom is 0.276 e. The molecule has 0 bridgehead atoms. The predicted molar refractivity (Wildman–Crippen MR) is 121 cm³/mol. The molecule has 2 aromatic carbocycles. The van der Waals surface area contributed by atoms with Crippen LogP contribution >= 0.6 is 0 Å². The summed E-state index contributed by atoms with van der Waals surface area (Å²) in [7, 11) is 0. The van der Waals surface area contributed by atoms with Crippen LogP contribution in [-0.2, 0) is 0 Å². The smallest absolute Gasteiger partial charge is 0.276 e. The van der Waals surface area contributed by atoms with Crippen molar-refractivity contribution < 1.29 is 4.79 Å². The molecule has 0 aliphatic heterocycles. The van der Waals surface area contributed by atoms with Crippen LogP contribution in [0.3, 0.4) is 0 Å². The van der Waals surface area contributed by atoms with E-state index in [0.717, 1.165) is 5.56 Å². The fourth-order valence-electron chi connectivity index (χ4n) is 3.16. The van der Waals surface area contributed by atoms with Crippen LogP contribution in [0.1, 0.15) is 41.6 Å². The number of rotatable bonds is 3. The summed E-state index contributed by atoms with van der Waals surface area (Å²) in [6.45, 7) is 3.71. The highest BCUT2D eigenvalue weighted by molar-refractivity contribution is 6.11. The number of fused-ring (bicyclic) bond motifs is 1. The lowest BCUT2D eigenvalue weighted by Gasteiger charge is -2.13. The Labute approximate surface area is 179 Å². The van der Waals surface area contributed by atoms with E-state index >= 15 is 0 Å². The van der Waals surface area contributed by atoms with Crippen LogP contribution in [0.2, 0.25) is 0 Å². The Balaban J connectivity index is 1.67. The summed E-state index contributed by atoms with van der Waals surface area (Å²) in [5, 5.41) is 8.21. The number of pyridine rings is 1. The lowest BCUT2D eigenvalue weighted by atomic mass is 10.1. The summed E-state index contributed by atoms with van der Waals surface area (Å²) in [6.07, 6.45) is 1.69. The lowest BCUT2D eigenvalue weighted by molar-refractivity contribution is 0.102. The number of carbonyl (C=O) groups is 1. The van der Waals surface area contributed by atoms with Crippen LogP contribution in [0.4, 0.5) is 5.69 Å². The fourth-order valence-corrected chi connectivity index (χ4v) is 3.16. The van der Waals surface area contributed by atoms with Crippen LogP contribution in [0.15, 0.2) is 77.7 Å². The largest absolute Gasteiger partial charge is 0.321 e. The van der Waals surface area contributed by atoms with Gasteiger partial charge in [0.05, 0.1) is 11.4 Å². The van der Waals surface area contributed by atoms with Gasteiger partial charge in [0.15, 0.2) is 5.69 Å². The van der Waals surface area contributed by atoms with E-state index in [9.17, 15) is 9.59 Å². The molecule has 0 radical (unpaired) electrons. The molecule has 0 saturated heterocycles. The second kappa shape index (κ2) is 8.64. The number of carbonyl (C=O) groups excluding carboxylic acids is 1. The molecule has 2 aromatic heterocycles. The Morgan fingerprint density at radius 2 is 1.74 bits per heavy atom. The third-order valence-corrected chi connectivity index (χ3v) is 4.65. The number of aromatic nitrogens is 3. The molecule has 0 saturated carbocycles. The molecule has 0 unspecified atom stereocenters. The van der Waals surface area contributed by atoms with E-state index in [1.165, 1.54) is 4.68 Å². The van der Waals surface area contributed by atoms with E-state index in [2.05, 4.69) is 27.2 Å². The maximum absolute atomic E-state index is 13.1. The van der Waals surface area contributed by atoms with Crippen molar-refractivity contribution in [1.82, 2.24) is 14.8 Å². The zero-order valence-corrected chi connectivity index (χ0v) is 17.2. The van der Waals surface area contributed by atoms with Crippen molar-refractivity contribution in [3.63, 3.8) is 0 Å². The van der Waals surface area contributed by atoms with Gasteiger partial charge in [0.1, 0.15) is 5.69 Å². The molecule has 1 amide bonds. The fraction of sp³-hybridized carbons (Fsp3) is 0.120. The molecule has 1 N–H and O–H groups in total. The number of amides is 1. The van der Waals surface area contributed by atoms with Gasteiger partial charge < -0.3 is 5.32 Å². The van der Waals surface area contributed by atoms with Crippen molar-refractivity contribution >= 4 is 22.4 Å². The van der Waals surface area contributed by atoms with Crippen LogP contribution in [-0.4, -0.2) is 20.7 Å². The average Bonchev–Trinajstić information content (AvgIpc) is 2.79. The Bertz CT molecular complexity index is 1380. The first kappa shape index (κ1) is 20.0. The van der Waals surface area contributed by atoms with Crippen molar-refractivity contribution in [3.05, 3.63) is 100 Å². The Morgan fingerprint density at radius 3 is 2.48 bits per heavy atom. The van der Waals surface area contributed by atoms with Crippen LogP contribution < -0.4 is 10.9 Å². The monoisotopic (exact) mass is 408 g/mol. The normalized spacial score (nSPS) is 10.5. The quantitative estimate of drug-likeness (QED) is 0.520. The van der Waals surface area contributed by atoms with E-state index in [1.54, 1.807) is 42.6 Å². The number of anilines is 1. The van der Waals surface area contributed by atoms with Crippen LogP contribution in [0, 0.1) is 11.8 Å². The minimum Gasteiger partial charge on any atom is -0.321 e. The molecule has 6 heteroatoms. The molecule has 0 spiro atoms. The molecule has 0 aliphatic carbocycles. The minimum atomic E-state index is -0.388. The first-order valence-electron chi connectivity index (χ1n) is 9.89. The SMILES string of the molecule is CC(C)n1nc(C(=O)Nc2cccc(C#Cc3ccccn3)c2)c2ccccc2c1=O. The van der Waals surface area contributed by atoms with E-state index in [1.807, 2.05) is 44.2 Å². The van der Waals surface area contributed by atoms with Crippen LogP contribution in [0.5, 0.6) is 0 Å². The van der Waals surface area contributed by atoms with Gasteiger partial charge in [-0.2, -0.15) is 5.10 Å². The molecule has 0 atom stereocenters. The van der Waals surface area contributed by atoms with Gasteiger partial charge in [0.25, 0.3) is 11.5 Å². The zero-order valence-electron chi connectivity index (χ0n) is 17.2. The van der Waals surface area contributed by atoms with E-state index in [0.29, 0.717) is 22.2 Å². The molecule has 31 heavy (non-hydrogen) atoms. The lowest BCUT2D eigenvalue weighted by Crippen LogP contribution is -2.28. The summed E-state index contributed by atoms with van der Waals surface area (Å²) < 4.78 is 1.34. The first-order valence-corrected chi connectivity index (χ1v) is 9.89. The third-order valence-electron chi connectivity index (χ3n) is 4.65. The summed E-state index contributed by atoms with van der Waals surface area (Å²) in [4.78, 5) is 29.9. The highest BCUT2D eigenvalue weighted by atomic mass is 16.2. The Morgan fingerprint density at radius 1 is 0.968 bits per heavy atom. The highest BCUT2D eigenvalue weighted by Gasteiger charge is 2.18. The standard InChI is InChI=1S/C25H20N4O2/c1-17(2)29-25(31)22-12-4-3-11-21(22)23(28-29)24(30)27-20-10-7-8-18(16-20)13-14-19-9-5-6-15-26-19/h3-12,15-17H,1-2H3,(H,27,30). The number of hydrogen-bond acceptors (Lipinski definition) is 4. The summed E-state index contributed by atoms with van der Waals surface area (Å²) in [5.41, 5.74) is 1.99. The van der Waals surface area contributed by atoms with Gasteiger partial charge in [-0.05, 0) is 56.2 Å². The highest BCUT2D eigenvalue weighted by Crippen LogP contribution is 2.17. The number of benzene rings is 2. The molecule has 0 aliphatic rings. The summed E-state index contributed by atoms with van der Waals surface area (Å²) in [5.74, 6) is 5.66. The molecule has 4 rings (SSSR count). The maximum atomic E-state index is 13.1. The van der Waals surface area contributed by atoms with Crippen molar-refractivity contribution in [3.8, 4) is 11.8 Å². The van der Waals surface area contributed by atoms with E-state index < -0.39 is 0 Å². The van der Waals surface area contributed by atoms with Gasteiger partial charge in [0, 0.05) is 22.8 Å². The van der Waals surface area contributed by atoms with Gasteiger partial charge in [-0.3, -0.25) is 9.59 Å². The van der Waals surface area contributed by atoms with Gasteiger partial charge >= 0.3 is 0 Å². The Kier molecular flexibility index (Phi) is 5.59. The van der Waals surface area contributed by atoms with Gasteiger partial charge in [0.2, 0.25) is 0 Å². The number of hydrogen-bond donors (Lipinski definition) is 1. The third kappa shape index (κ3) is 4.36. The molecule has 6 nitrogen and oxygen atoms in total. The molecular weight excluding hydrogens is 388 g/mol. The zero-order chi connectivity index (χ0) is 21.8. The van der Waals surface area contributed by atoms with Crippen molar-refractivity contribution in [2.24, 2.45) is 0 Å². The molecule has 2 heterocycles. The second-order valence-corrected chi connectivity index (χ2v) is 7.24. The predicted octanol–water partition coefficient (Wildman–Crippen LogP) is 4.02. The van der Waals surface area contributed by atoms with Gasteiger partial charge in [-0.25, -0.2) is 9.67 Å². The molecule has 4 aromatic rings. The molecule has 0 fully saturated rings. The first-order chi connectivity index (χ1) is 15.0. The minimum absolute atomic E-state index is 0.172. The summed E-state index contributed by atoms with van der Waals surface area (Å²) >= 11 is 0. The average molecular weight is 408 g/mol. The van der Waals surface area contributed by atoms with Gasteiger partial charge in [-0.1, -0.05) is 36.3 Å². The topological polar surface area (TPSA) is 76.9 Å². The van der Waals surface area contributed by atoms with E-state index in [-0.39, 0.29) is 23.2 Å². The van der Waals surface area contributed by atoms with Crippen molar-refractivity contribution in [1.29, 1.82) is 0 Å². The van der Waals surface area contributed by atoms with Crippen molar-refractivity contribution in [2.75, 3.05) is 5.32 Å². The van der Waals surface area contributed by atoms with E-state index in [4.69, 9.17) is 0 Å². The van der Waals surface area contributed by atoms with Crippen LogP contribution in [0.25, 0.3) is 10.8 Å². The van der Waals surface area contributed by atoms with Crippen molar-refractivity contribution in [2.45, 2.75) is 19.9 Å². The Hall–Kier alpha value is -4.24. The number of nitrogens with zero attached hydrogens (tertiary/aromatic N) is 3. The molecule has 152 valence electrons. The summed E-state index contributed by atoms with van der Waals surface area (Å²) in [6, 6.07) is 19.6.